The number of aryl methyl sites for hydroxylation is 1. The first-order valence-corrected chi connectivity index (χ1v) is 5.56. The Labute approximate surface area is 95.9 Å². The Kier molecular flexibility index (Phi) is 4.76. The van der Waals surface area contributed by atoms with E-state index in [1.54, 1.807) is 23.9 Å². The largest absolute Gasteiger partial charge is 0.461 e. The zero-order chi connectivity index (χ0) is 12.0. The van der Waals surface area contributed by atoms with Crippen LogP contribution in [-0.2, 0) is 17.7 Å². The first kappa shape index (κ1) is 12.5. The first-order chi connectivity index (χ1) is 7.74. The minimum atomic E-state index is -0.301. The standard InChI is InChI=1S/C12H18N2O2/c1-4-7-10-11(12(15)16-6-3)14(8-5-2)9-13-10/h5,9H,2,4,6-8H2,1,3H3. The van der Waals surface area contributed by atoms with E-state index in [1.165, 1.54) is 0 Å². The number of aromatic nitrogens is 2. The second-order valence-electron chi connectivity index (χ2n) is 3.45. The maximum Gasteiger partial charge on any atom is 0.356 e. The zero-order valence-electron chi connectivity index (χ0n) is 9.90. The summed E-state index contributed by atoms with van der Waals surface area (Å²) in [6.45, 7) is 8.46. The molecule has 0 bridgehead atoms. The van der Waals surface area contributed by atoms with E-state index in [0.717, 1.165) is 18.5 Å². The van der Waals surface area contributed by atoms with Crippen LogP contribution in [0.3, 0.4) is 0 Å². The third-order valence-corrected chi connectivity index (χ3v) is 2.19. The molecule has 4 nitrogen and oxygen atoms in total. The lowest BCUT2D eigenvalue weighted by molar-refractivity contribution is 0.0513. The van der Waals surface area contributed by atoms with Gasteiger partial charge >= 0.3 is 5.97 Å². The molecule has 0 aliphatic heterocycles. The molecule has 0 radical (unpaired) electrons. The molecule has 1 aromatic heterocycles. The van der Waals surface area contributed by atoms with Gasteiger partial charge in [0.25, 0.3) is 0 Å². The summed E-state index contributed by atoms with van der Waals surface area (Å²) >= 11 is 0. The van der Waals surface area contributed by atoms with E-state index in [-0.39, 0.29) is 5.97 Å². The Morgan fingerprint density at radius 1 is 1.62 bits per heavy atom. The molecule has 0 aromatic carbocycles. The molecule has 0 aliphatic rings. The van der Waals surface area contributed by atoms with Crippen molar-refractivity contribution in [3.05, 3.63) is 30.4 Å². The van der Waals surface area contributed by atoms with Gasteiger partial charge in [-0.1, -0.05) is 19.4 Å². The van der Waals surface area contributed by atoms with Gasteiger partial charge < -0.3 is 9.30 Å². The molecular formula is C12H18N2O2. The van der Waals surface area contributed by atoms with E-state index in [4.69, 9.17) is 4.74 Å². The summed E-state index contributed by atoms with van der Waals surface area (Å²) in [5.41, 5.74) is 1.37. The van der Waals surface area contributed by atoms with Crippen molar-refractivity contribution in [1.29, 1.82) is 0 Å². The Morgan fingerprint density at radius 2 is 2.38 bits per heavy atom. The van der Waals surface area contributed by atoms with Gasteiger partial charge in [-0.2, -0.15) is 0 Å². The number of hydrogen-bond donors (Lipinski definition) is 0. The smallest absolute Gasteiger partial charge is 0.356 e. The summed E-state index contributed by atoms with van der Waals surface area (Å²) in [6, 6.07) is 0. The maximum absolute atomic E-state index is 11.8. The number of ether oxygens (including phenoxy) is 1. The molecule has 0 unspecified atom stereocenters. The highest BCUT2D eigenvalue weighted by atomic mass is 16.5. The summed E-state index contributed by atoms with van der Waals surface area (Å²) in [7, 11) is 0. The molecule has 0 N–H and O–H groups in total. The molecule has 1 rings (SSSR count). The minimum Gasteiger partial charge on any atom is -0.461 e. The third kappa shape index (κ3) is 2.72. The summed E-state index contributed by atoms with van der Waals surface area (Å²) in [4.78, 5) is 16.0. The average Bonchev–Trinajstić information content (AvgIpc) is 2.63. The van der Waals surface area contributed by atoms with E-state index in [9.17, 15) is 4.79 Å². The van der Waals surface area contributed by atoms with E-state index in [1.807, 2.05) is 0 Å². The van der Waals surface area contributed by atoms with Crippen LogP contribution in [0.2, 0.25) is 0 Å². The fourth-order valence-corrected chi connectivity index (χ4v) is 1.56. The van der Waals surface area contributed by atoms with Crippen molar-refractivity contribution in [1.82, 2.24) is 9.55 Å². The Bertz CT molecular complexity index is 369. The molecular weight excluding hydrogens is 204 g/mol. The number of hydrogen-bond acceptors (Lipinski definition) is 3. The molecule has 16 heavy (non-hydrogen) atoms. The van der Waals surface area contributed by atoms with Crippen molar-refractivity contribution in [3.8, 4) is 0 Å². The predicted octanol–water partition coefficient (Wildman–Crippen LogP) is 2.20. The molecule has 1 heterocycles. The Hall–Kier alpha value is -1.58. The molecule has 0 saturated carbocycles. The highest BCUT2D eigenvalue weighted by Gasteiger charge is 2.18. The van der Waals surface area contributed by atoms with Crippen LogP contribution < -0.4 is 0 Å². The summed E-state index contributed by atoms with van der Waals surface area (Å²) < 4.78 is 6.80. The molecule has 0 aliphatic carbocycles. The number of carbonyl (C=O) groups excluding carboxylic acids is 1. The van der Waals surface area contributed by atoms with Gasteiger partial charge in [0.2, 0.25) is 0 Å². The summed E-state index contributed by atoms with van der Waals surface area (Å²) in [6.07, 6.45) is 5.15. The van der Waals surface area contributed by atoms with E-state index < -0.39 is 0 Å². The van der Waals surface area contributed by atoms with Gasteiger partial charge in [-0.25, -0.2) is 9.78 Å². The highest BCUT2D eigenvalue weighted by molar-refractivity contribution is 5.88. The third-order valence-electron chi connectivity index (χ3n) is 2.19. The number of imidazole rings is 1. The fraction of sp³-hybridized carbons (Fsp3) is 0.500. The van der Waals surface area contributed by atoms with E-state index in [0.29, 0.717) is 18.8 Å². The molecule has 0 amide bonds. The molecule has 1 aromatic rings. The van der Waals surface area contributed by atoms with Gasteiger partial charge in [-0.05, 0) is 13.3 Å². The van der Waals surface area contributed by atoms with Crippen molar-refractivity contribution in [3.63, 3.8) is 0 Å². The van der Waals surface area contributed by atoms with Gasteiger partial charge in [0.15, 0.2) is 5.69 Å². The number of allylic oxidation sites excluding steroid dienone is 1. The van der Waals surface area contributed by atoms with Crippen LogP contribution in [0, 0.1) is 0 Å². The van der Waals surface area contributed by atoms with Crippen LogP contribution in [-0.4, -0.2) is 22.1 Å². The van der Waals surface area contributed by atoms with E-state index in [2.05, 4.69) is 18.5 Å². The molecule has 0 spiro atoms. The topological polar surface area (TPSA) is 44.1 Å². The number of carbonyl (C=O) groups is 1. The Morgan fingerprint density at radius 3 is 2.94 bits per heavy atom. The van der Waals surface area contributed by atoms with Crippen LogP contribution in [0.5, 0.6) is 0 Å². The van der Waals surface area contributed by atoms with Gasteiger partial charge in [-0.3, -0.25) is 0 Å². The zero-order valence-corrected chi connectivity index (χ0v) is 9.90. The van der Waals surface area contributed by atoms with E-state index >= 15 is 0 Å². The van der Waals surface area contributed by atoms with Crippen LogP contribution in [0.1, 0.15) is 36.5 Å². The highest BCUT2D eigenvalue weighted by Crippen LogP contribution is 2.12. The average molecular weight is 222 g/mol. The normalized spacial score (nSPS) is 10.1. The lowest BCUT2D eigenvalue weighted by Crippen LogP contribution is -2.13. The summed E-state index contributed by atoms with van der Waals surface area (Å²) in [5, 5.41) is 0. The quantitative estimate of drug-likeness (QED) is 0.547. The molecule has 88 valence electrons. The Balaban J connectivity index is 3.02. The van der Waals surface area contributed by atoms with Crippen molar-refractivity contribution in [2.75, 3.05) is 6.61 Å². The van der Waals surface area contributed by atoms with Crippen LogP contribution in [0.25, 0.3) is 0 Å². The maximum atomic E-state index is 11.8. The van der Waals surface area contributed by atoms with Crippen molar-refractivity contribution in [2.45, 2.75) is 33.2 Å². The lowest BCUT2D eigenvalue weighted by atomic mass is 10.2. The SMILES string of the molecule is C=CCn1cnc(CCC)c1C(=O)OCC. The first-order valence-electron chi connectivity index (χ1n) is 5.56. The van der Waals surface area contributed by atoms with Crippen molar-refractivity contribution in [2.24, 2.45) is 0 Å². The van der Waals surface area contributed by atoms with Gasteiger partial charge in [0, 0.05) is 6.54 Å². The fourth-order valence-electron chi connectivity index (χ4n) is 1.56. The lowest BCUT2D eigenvalue weighted by Gasteiger charge is -2.06. The number of nitrogens with zero attached hydrogens (tertiary/aromatic N) is 2. The van der Waals surface area contributed by atoms with Gasteiger partial charge in [0.05, 0.1) is 18.6 Å². The van der Waals surface area contributed by atoms with Crippen molar-refractivity contribution < 1.29 is 9.53 Å². The molecule has 0 atom stereocenters. The predicted molar refractivity (Wildman–Crippen MR) is 62.4 cm³/mol. The van der Waals surface area contributed by atoms with Gasteiger partial charge in [-0.15, -0.1) is 6.58 Å². The second-order valence-corrected chi connectivity index (χ2v) is 3.45. The molecule has 0 fully saturated rings. The van der Waals surface area contributed by atoms with Crippen LogP contribution in [0.4, 0.5) is 0 Å². The monoisotopic (exact) mass is 222 g/mol. The van der Waals surface area contributed by atoms with Crippen LogP contribution in [0.15, 0.2) is 19.0 Å². The van der Waals surface area contributed by atoms with Crippen LogP contribution >= 0.6 is 0 Å². The van der Waals surface area contributed by atoms with Crippen molar-refractivity contribution >= 4 is 5.97 Å². The molecule has 4 heteroatoms. The minimum absolute atomic E-state index is 0.301. The number of esters is 1. The second kappa shape index (κ2) is 6.10. The van der Waals surface area contributed by atoms with Gasteiger partial charge in [0.1, 0.15) is 0 Å². The summed E-state index contributed by atoms with van der Waals surface area (Å²) in [5.74, 6) is -0.301. The number of rotatable bonds is 6. The molecule has 0 saturated heterocycles.